The molecule has 0 unspecified atom stereocenters. The van der Waals surface area contributed by atoms with E-state index in [1.54, 1.807) is 7.11 Å². The Hall–Kier alpha value is -1.51. The second-order valence-corrected chi connectivity index (χ2v) is 5.12. The van der Waals surface area contributed by atoms with E-state index in [1.807, 2.05) is 38.1 Å². The smallest absolute Gasteiger partial charge is 0.223 e. The fourth-order valence-electron chi connectivity index (χ4n) is 1.84. The molecule has 0 saturated heterocycles. The van der Waals surface area contributed by atoms with Gasteiger partial charge >= 0.3 is 0 Å². The van der Waals surface area contributed by atoms with Crippen molar-refractivity contribution >= 4 is 5.91 Å². The van der Waals surface area contributed by atoms with Gasteiger partial charge in [0, 0.05) is 5.92 Å². The number of carbonyl (C=O) groups excluding carboxylic acids is 1. The van der Waals surface area contributed by atoms with Gasteiger partial charge in [-0.1, -0.05) is 12.1 Å². The van der Waals surface area contributed by atoms with Crippen molar-refractivity contribution in [3.05, 3.63) is 29.8 Å². The lowest BCUT2D eigenvalue weighted by Gasteiger charge is -2.27. The topological polar surface area (TPSA) is 38.3 Å². The van der Waals surface area contributed by atoms with Gasteiger partial charge in [-0.3, -0.25) is 4.79 Å². The first kappa shape index (κ1) is 12.0. The van der Waals surface area contributed by atoms with E-state index in [-0.39, 0.29) is 17.4 Å². The molecule has 0 heterocycles. The van der Waals surface area contributed by atoms with Crippen molar-refractivity contribution < 1.29 is 9.53 Å². The Bertz CT molecular complexity index is 405. The molecule has 0 atom stereocenters. The molecule has 1 N–H and O–H groups in total. The molecule has 0 spiro atoms. The third kappa shape index (κ3) is 2.78. The van der Waals surface area contributed by atoms with Crippen LogP contribution >= 0.6 is 0 Å². The number of hydrogen-bond acceptors (Lipinski definition) is 2. The van der Waals surface area contributed by atoms with Gasteiger partial charge in [0.05, 0.1) is 12.6 Å². The summed E-state index contributed by atoms with van der Waals surface area (Å²) < 4.78 is 5.12. The maximum Gasteiger partial charge on any atom is 0.223 e. The van der Waals surface area contributed by atoms with Crippen molar-refractivity contribution in [1.29, 1.82) is 0 Å². The summed E-state index contributed by atoms with van der Waals surface area (Å²) in [6.07, 6.45) is 2.06. The second kappa shape index (κ2) is 4.40. The van der Waals surface area contributed by atoms with Crippen molar-refractivity contribution in [2.24, 2.45) is 5.92 Å². The number of ether oxygens (including phenoxy) is 1. The van der Waals surface area contributed by atoms with Gasteiger partial charge in [0.1, 0.15) is 5.75 Å². The number of benzene rings is 1. The molecule has 0 aliphatic heterocycles. The summed E-state index contributed by atoms with van der Waals surface area (Å²) in [4.78, 5) is 11.8. The number of methoxy groups -OCH3 is 1. The quantitative estimate of drug-likeness (QED) is 0.867. The molecule has 1 aromatic carbocycles. The van der Waals surface area contributed by atoms with Gasteiger partial charge in [0.25, 0.3) is 0 Å². The molecule has 3 heteroatoms. The maximum absolute atomic E-state index is 11.8. The van der Waals surface area contributed by atoms with E-state index in [2.05, 4.69) is 5.32 Å². The highest BCUT2D eigenvalue weighted by atomic mass is 16.5. The zero-order valence-corrected chi connectivity index (χ0v) is 10.6. The van der Waals surface area contributed by atoms with Gasteiger partial charge in [-0.2, -0.15) is 0 Å². The molecule has 1 fully saturated rings. The van der Waals surface area contributed by atoms with Crippen LogP contribution in [0.15, 0.2) is 24.3 Å². The summed E-state index contributed by atoms with van der Waals surface area (Å²) in [5.41, 5.74) is 0.763. The molecule has 1 saturated carbocycles. The monoisotopic (exact) mass is 233 g/mol. The Labute approximate surface area is 102 Å². The molecule has 0 aromatic heterocycles. The molecule has 2 rings (SSSR count). The number of amides is 1. The minimum absolute atomic E-state index is 0.172. The molecule has 17 heavy (non-hydrogen) atoms. The van der Waals surface area contributed by atoms with Crippen LogP contribution in [0.4, 0.5) is 0 Å². The Morgan fingerprint density at radius 3 is 2.35 bits per heavy atom. The first-order valence-electron chi connectivity index (χ1n) is 5.99. The third-order valence-corrected chi connectivity index (χ3v) is 3.20. The van der Waals surface area contributed by atoms with Crippen LogP contribution in [0.25, 0.3) is 0 Å². The fourth-order valence-corrected chi connectivity index (χ4v) is 1.84. The minimum Gasteiger partial charge on any atom is -0.497 e. The van der Waals surface area contributed by atoms with Crippen molar-refractivity contribution in [3.63, 3.8) is 0 Å². The van der Waals surface area contributed by atoms with E-state index >= 15 is 0 Å². The summed E-state index contributed by atoms with van der Waals surface area (Å²) in [7, 11) is 1.65. The van der Waals surface area contributed by atoms with E-state index in [0.717, 1.165) is 24.2 Å². The van der Waals surface area contributed by atoms with Crippen LogP contribution < -0.4 is 10.1 Å². The average Bonchev–Trinajstić information content (AvgIpc) is 3.12. The first-order valence-corrected chi connectivity index (χ1v) is 5.99. The predicted molar refractivity (Wildman–Crippen MR) is 66.9 cm³/mol. The van der Waals surface area contributed by atoms with Gasteiger partial charge in [0.2, 0.25) is 5.91 Å². The van der Waals surface area contributed by atoms with Crippen LogP contribution in [0.1, 0.15) is 32.3 Å². The highest BCUT2D eigenvalue weighted by molar-refractivity contribution is 5.81. The molecule has 1 aliphatic carbocycles. The summed E-state index contributed by atoms with van der Waals surface area (Å²) in [5.74, 6) is 1.25. The molecular weight excluding hydrogens is 214 g/mol. The maximum atomic E-state index is 11.8. The highest BCUT2D eigenvalue weighted by Gasteiger charge is 2.33. The summed E-state index contributed by atoms with van der Waals surface area (Å²) >= 11 is 0. The van der Waals surface area contributed by atoms with Crippen molar-refractivity contribution in [3.8, 4) is 5.75 Å². The molecular formula is C14H19NO2. The van der Waals surface area contributed by atoms with Crippen LogP contribution in [-0.2, 0) is 10.3 Å². The van der Waals surface area contributed by atoms with Crippen LogP contribution in [0.3, 0.4) is 0 Å². The van der Waals surface area contributed by atoms with Gasteiger partial charge < -0.3 is 10.1 Å². The number of carbonyl (C=O) groups is 1. The van der Waals surface area contributed by atoms with E-state index in [9.17, 15) is 4.79 Å². The standard InChI is InChI=1S/C14H19NO2/c1-14(2,15-13(16)10-4-5-10)11-6-8-12(17-3)9-7-11/h6-10H,4-5H2,1-3H3,(H,15,16). The molecule has 0 radical (unpaired) electrons. The molecule has 1 aliphatic rings. The van der Waals surface area contributed by atoms with Crippen LogP contribution in [0.5, 0.6) is 5.75 Å². The predicted octanol–water partition coefficient (Wildman–Crippen LogP) is 2.46. The number of hydrogen-bond donors (Lipinski definition) is 1. The van der Waals surface area contributed by atoms with Gasteiger partial charge in [0.15, 0.2) is 0 Å². The van der Waals surface area contributed by atoms with Crippen molar-refractivity contribution in [2.75, 3.05) is 7.11 Å². The highest BCUT2D eigenvalue weighted by Crippen LogP contribution is 2.31. The zero-order valence-electron chi connectivity index (χ0n) is 10.6. The fraction of sp³-hybridized carbons (Fsp3) is 0.500. The van der Waals surface area contributed by atoms with Gasteiger partial charge in [-0.25, -0.2) is 0 Å². The Morgan fingerprint density at radius 1 is 1.29 bits per heavy atom. The van der Waals surface area contributed by atoms with Crippen LogP contribution in [0, 0.1) is 5.92 Å². The first-order chi connectivity index (χ1) is 8.03. The minimum atomic E-state index is -0.327. The lowest BCUT2D eigenvalue weighted by molar-refractivity contribution is -0.124. The average molecular weight is 233 g/mol. The molecule has 1 aromatic rings. The van der Waals surface area contributed by atoms with E-state index < -0.39 is 0 Å². The van der Waals surface area contributed by atoms with E-state index in [4.69, 9.17) is 4.74 Å². The van der Waals surface area contributed by atoms with Crippen molar-refractivity contribution in [1.82, 2.24) is 5.32 Å². The molecule has 3 nitrogen and oxygen atoms in total. The lowest BCUT2D eigenvalue weighted by Crippen LogP contribution is -2.41. The Kier molecular flexibility index (Phi) is 3.09. The number of rotatable bonds is 4. The largest absolute Gasteiger partial charge is 0.497 e. The third-order valence-electron chi connectivity index (χ3n) is 3.20. The molecule has 0 bridgehead atoms. The SMILES string of the molecule is COc1ccc(C(C)(C)NC(=O)C2CC2)cc1. The van der Waals surface area contributed by atoms with Gasteiger partial charge in [-0.15, -0.1) is 0 Å². The van der Waals surface area contributed by atoms with E-state index in [0.29, 0.717) is 0 Å². The summed E-state index contributed by atoms with van der Waals surface area (Å²) in [5, 5.41) is 3.09. The Morgan fingerprint density at radius 2 is 1.88 bits per heavy atom. The Balaban J connectivity index is 2.09. The van der Waals surface area contributed by atoms with Crippen LogP contribution in [-0.4, -0.2) is 13.0 Å². The second-order valence-electron chi connectivity index (χ2n) is 5.12. The van der Waals surface area contributed by atoms with E-state index in [1.165, 1.54) is 0 Å². The summed E-state index contributed by atoms with van der Waals surface area (Å²) in [6, 6.07) is 7.82. The van der Waals surface area contributed by atoms with Crippen LogP contribution in [0.2, 0.25) is 0 Å². The summed E-state index contributed by atoms with van der Waals surface area (Å²) in [6.45, 7) is 4.05. The van der Waals surface area contributed by atoms with Crippen molar-refractivity contribution in [2.45, 2.75) is 32.2 Å². The lowest BCUT2D eigenvalue weighted by atomic mass is 9.94. The molecule has 92 valence electrons. The zero-order chi connectivity index (χ0) is 12.5. The number of nitrogens with one attached hydrogen (secondary N) is 1. The molecule has 1 amide bonds. The normalized spacial score (nSPS) is 15.5. The van der Waals surface area contributed by atoms with Gasteiger partial charge in [-0.05, 0) is 44.4 Å².